The molecule has 25 heavy (non-hydrogen) atoms. The van der Waals surface area contributed by atoms with Crippen molar-refractivity contribution in [3.63, 3.8) is 0 Å². The Morgan fingerprint density at radius 1 is 1.36 bits per heavy atom. The number of aryl methyl sites for hydroxylation is 2. The number of thiazole rings is 1. The van der Waals surface area contributed by atoms with Crippen LogP contribution in [-0.2, 0) is 4.74 Å². The Labute approximate surface area is 153 Å². The van der Waals surface area contributed by atoms with Crippen LogP contribution in [0.2, 0.25) is 0 Å². The van der Waals surface area contributed by atoms with Gasteiger partial charge in [0.25, 0.3) is 0 Å². The fourth-order valence-corrected chi connectivity index (χ4v) is 3.89. The molecule has 0 radical (unpaired) electrons. The Hall–Kier alpha value is -1.95. The summed E-state index contributed by atoms with van der Waals surface area (Å²) in [7, 11) is 0. The summed E-state index contributed by atoms with van der Waals surface area (Å²) in [6.45, 7) is 10.5. The summed E-state index contributed by atoms with van der Waals surface area (Å²) in [5.41, 5.74) is 2.53. The molecule has 1 aliphatic heterocycles. The van der Waals surface area contributed by atoms with Gasteiger partial charge in [-0.3, -0.25) is 4.98 Å². The maximum absolute atomic E-state index is 12.5. The molecular weight excluding hydrogens is 334 g/mol. The van der Waals surface area contributed by atoms with Crippen molar-refractivity contribution in [3.05, 3.63) is 34.5 Å². The molecule has 0 spiro atoms. The highest BCUT2D eigenvalue weighted by atomic mass is 32.1. The van der Waals surface area contributed by atoms with Gasteiger partial charge >= 0.3 is 6.09 Å². The molecule has 2 aromatic rings. The second kappa shape index (κ2) is 6.75. The van der Waals surface area contributed by atoms with E-state index in [4.69, 9.17) is 4.74 Å². The van der Waals surface area contributed by atoms with Crippen molar-refractivity contribution in [2.75, 3.05) is 6.54 Å². The number of carbonyl (C=O) groups is 1. The van der Waals surface area contributed by atoms with Crippen LogP contribution in [-0.4, -0.2) is 33.1 Å². The average Bonchev–Trinajstić information content (AvgIpc) is 3.13. The minimum Gasteiger partial charge on any atom is -0.444 e. The Kier molecular flexibility index (Phi) is 4.82. The van der Waals surface area contributed by atoms with Crippen LogP contribution in [0.15, 0.2) is 18.3 Å². The first-order chi connectivity index (χ1) is 11.7. The normalized spacial score (nSPS) is 17.8. The van der Waals surface area contributed by atoms with Crippen molar-refractivity contribution in [1.82, 2.24) is 14.9 Å². The van der Waals surface area contributed by atoms with Crippen LogP contribution in [0.5, 0.6) is 0 Å². The number of likely N-dealkylation sites (tertiary alicyclic amines) is 1. The van der Waals surface area contributed by atoms with Crippen molar-refractivity contribution < 1.29 is 9.53 Å². The monoisotopic (exact) mass is 359 g/mol. The number of carbonyl (C=O) groups excluding carboxylic acids is 1. The lowest BCUT2D eigenvalue weighted by Crippen LogP contribution is -2.36. The van der Waals surface area contributed by atoms with Crippen molar-refractivity contribution in [3.8, 4) is 10.7 Å². The number of ether oxygens (including phenoxy) is 1. The van der Waals surface area contributed by atoms with E-state index in [1.54, 1.807) is 11.3 Å². The number of hydrogen-bond donors (Lipinski definition) is 0. The van der Waals surface area contributed by atoms with Crippen molar-refractivity contribution in [1.29, 1.82) is 0 Å². The first-order valence-corrected chi connectivity index (χ1v) is 9.46. The highest BCUT2D eigenvalue weighted by molar-refractivity contribution is 7.15. The molecule has 0 bridgehead atoms. The molecule has 0 aromatic carbocycles. The van der Waals surface area contributed by atoms with Gasteiger partial charge in [-0.2, -0.15) is 0 Å². The van der Waals surface area contributed by atoms with E-state index < -0.39 is 5.60 Å². The molecule has 0 unspecified atom stereocenters. The summed E-state index contributed by atoms with van der Waals surface area (Å²) < 4.78 is 5.57. The van der Waals surface area contributed by atoms with Gasteiger partial charge in [-0.05, 0) is 65.2 Å². The molecule has 1 aliphatic rings. The number of nitrogens with zero attached hydrogens (tertiary/aromatic N) is 3. The minimum atomic E-state index is -0.483. The maximum atomic E-state index is 12.5. The second-order valence-electron chi connectivity index (χ2n) is 7.47. The predicted molar refractivity (Wildman–Crippen MR) is 99.7 cm³/mol. The molecule has 5 nitrogen and oxygen atoms in total. The quantitative estimate of drug-likeness (QED) is 0.766. The van der Waals surface area contributed by atoms with E-state index in [0.29, 0.717) is 0 Å². The Balaban J connectivity index is 1.85. The van der Waals surface area contributed by atoms with Gasteiger partial charge in [-0.1, -0.05) is 0 Å². The molecule has 6 heteroatoms. The number of pyridine rings is 1. The number of aromatic nitrogens is 2. The molecule has 1 saturated heterocycles. The summed E-state index contributed by atoms with van der Waals surface area (Å²) in [6.07, 6.45) is 3.49. The molecule has 0 saturated carbocycles. The van der Waals surface area contributed by atoms with Crippen molar-refractivity contribution in [2.24, 2.45) is 0 Å². The molecule has 3 heterocycles. The van der Waals surface area contributed by atoms with Crippen molar-refractivity contribution >= 4 is 17.4 Å². The van der Waals surface area contributed by atoms with E-state index in [1.165, 1.54) is 4.88 Å². The SMILES string of the molecule is Cc1nc(-c2cc([C@@H]3CCCN3C(=O)OC(C)(C)C)ccn2)sc1C. The second-order valence-corrected chi connectivity index (χ2v) is 8.67. The highest BCUT2D eigenvalue weighted by Gasteiger charge is 2.33. The lowest BCUT2D eigenvalue weighted by atomic mass is 10.1. The van der Waals surface area contributed by atoms with Crippen molar-refractivity contribution in [2.45, 2.75) is 59.1 Å². The molecule has 1 amide bonds. The predicted octanol–water partition coefficient (Wildman–Crippen LogP) is 4.89. The molecule has 2 aromatic heterocycles. The first kappa shape index (κ1) is 17.9. The molecule has 3 rings (SSSR count). The van der Waals surface area contributed by atoms with E-state index in [2.05, 4.69) is 23.0 Å². The van der Waals surface area contributed by atoms with Crippen LogP contribution in [0.4, 0.5) is 4.79 Å². The van der Waals surface area contributed by atoms with E-state index >= 15 is 0 Å². The third kappa shape index (κ3) is 4.00. The summed E-state index contributed by atoms with van der Waals surface area (Å²) in [5, 5.41) is 0.929. The van der Waals surface area contributed by atoms with E-state index in [1.807, 2.05) is 44.9 Å². The topological polar surface area (TPSA) is 55.3 Å². The minimum absolute atomic E-state index is 0.0405. The standard InChI is InChI=1S/C19H25N3O2S/c1-12-13(2)25-17(21-12)15-11-14(8-9-20-15)16-7-6-10-22(16)18(23)24-19(3,4)5/h8-9,11,16H,6-7,10H2,1-5H3/t16-/m0/s1. The van der Waals surface area contributed by atoms with Gasteiger partial charge in [0.1, 0.15) is 10.6 Å². The largest absolute Gasteiger partial charge is 0.444 e. The first-order valence-electron chi connectivity index (χ1n) is 8.64. The zero-order valence-electron chi connectivity index (χ0n) is 15.5. The summed E-state index contributed by atoms with van der Waals surface area (Å²) >= 11 is 1.65. The van der Waals surface area contributed by atoms with Crippen LogP contribution >= 0.6 is 11.3 Å². The fourth-order valence-electron chi connectivity index (χ4n) is 3.01. The summed E-state index contributed by atoms with van der Waals surface area (Å²) in [4.78, 5) is 24.6. The lowest BCUT2D eigenvalue weighted by Gasteiger charge is -2.28. The van der Waals surface area contributed by atoms with Gasteiger partial charge in [0, 0.05) is 17.6 Å². The third-order valence-corrected chi connectivity index (χ3v) is 5.39. The Bertz CT molecular complexity index is 760. The number of rotatable bonds is 2. The van der Waals surface area contributed by atoms with Crippen LogP contribution < -0.4 is 0 Å². The third-order valence-electron chi connectivity index (χ3n) is 4.30. The van der Waals surface area contributed by atoms with E-state index in [0.717, 1.165) is 41.3 Å². The highest BCUT2D eigenvalue weighted by Crippen LogP contribution is 2.35. The van der Waals surface area contributed by atoms with Gasteiger partial charge in [0.05, 0.1) is 17.4 Å². The summed E-state index contributed by atoms with van der Waals surface area (Å²) in [5.74, 6) is 0. The maximum Gasteiger partial charge on any atom is 0.410 e. The van der Waals surface area contributed by atoms with Gasteiger partial charge in [0.2, 0.25) is 0 Å². The van der Waals surface area contributed by atoms with Gasteiger partial charge in [-0.15, -0.1) is 11.3 Å². The van der Waals surface area contributed by atoms with Crippen LogP contribution in [0.1, 0.15) is 55.8 Å². The Morgan fingerprint density at radius 3 is 2.76 bits per heavy atom. The van der Waals surface area contributed by atoms with Gasteiger partial charge in [-0.25, -0.2) is 9.78 Å². The smallest absolute Gasteiger partial charge is 0.410 e. The molecule has 0 aliphatic carbocycles. The molecule has 1 fully saturated rings. The average molecular weight is 359 g/mol. The zero-order valence-corrected chi connectivity index (χ0v) is 16.3. The van der Waals surface area contributed by atoms with Crippen LogP contribution in [0, 0.1) is 13.8 Å². The number of amides is 1. The van der Waals surface area contributed by atoms with Crippen LogP contribution in [0.25, 0.3) is 10.7 Å². The fraction of sp³-hybridized carbons (Fsp3) is 0.526. The van der Waals surface area contributed by atoms with Gasteiger partial charge in [0.15, 0.2) is 0 Å². The van der Waals surface area contributed by atoms with Gasteiger partial charge < -0.3 is 9.64 Å². The lowest BCUT2D eigenvalue weighted by molar-refractivity contribution is 0.0224. The zero-order chi connectivity index (χ0) is 18.2. The van der Waals surface area contributed by atoms with E-state index in [9.17, 15) is 4.79 Å². The molecule has 134 valence electrons. The van der Waals surface area contributed by atoms with Crippen LogP contribution in [0.3, 0.4) is 0 Å². The molecule has 1 atom stereocenters. The Morgan fingerprint density at radius 2 is 2.12 bits per heavy atom. The number of hydrogen-bond acceptors (Lipinski definition) is 5. The van der Waals surface area contributed by atoms with E-state index in [-0.39, 0.29) is 12.1 Å². The molecule has 0 N–H and O–H groups in total. The summed E-state index contributed by atoms with van der Waals surface area (Å²) in [6, 6.07) is 4.09. The molecular formula is C19H25N3O2S.